The fraction of sp³-hybridized carbons (Fsp3) is 0. The van der Waals surface area contributed by atoms with E-state index in [0.29, 0.717) is 0 Å². The van der Waals surface area contributed by atoms with Gasteiger partial charge in [0, 0.05) is 38.6 Å². The molecule has 3 heteroatoms. The summed E-state index contributed by atoms with van der Waals surface area (Å²) in [7, 11) is 0. The Morgan fingerprint density at radius 1 is 0.600 bits per heavy atom. The van der Waals surface area contributed by atoms with Crippen molar-refractivity contribution in [3.05, 3.63) is 48.5 Å². The molecule has 1 N–H and O–H groups in total. The van der Waals surface area contributed by atoms with Gasteiger partial charge >= 0.3 is 0 Å². The Kier molecular flexibility index (Phi) is 3.25. The first kappa shape index (κ1) is 11.4. The van der Waals surface area contributed by atoms with Crippen LogP contribution in [0.5, 0.6) is 0 Å². The minimum Gasteiger partial charge on any atom is -0.355 e. The number of rotatable bonds is 0. The fourth-order valence-corrected chi connectivity index (χ4v) is 1.80. The van der Waals surface area contributed by atoms with Crippen LogP contribution in [-0.4, -0.2) is 21.8 Å². The van der Waals surface area contributed by atoms with Gasteiger partial charge in [-0.2, -0.15) is 0 Å². The largest absolute Gasteiger partial charge is 0.355 e. The summed E-state index contributed by atoms with van der Waals surface area (Å²) >= 11 is 0. The van der Waals surface area contributed by atoms with Gasteiger partial charge in [0.05, 0.1) is 0 Å². The molecule has 68 valence electrons. The highest BCUT2D eigenvalue weighted by molar-refractivity contribution is 6.06. The molecule has 3 rings (SSSR count). The molecule has 0 saturated carbocycles. The average Bonchev–Trinajstić information content (AvgIpc) is 2.56. The molecule has 0 fully saturated rings. The van der Waals surface area contributed by atoms with Crippen LogP contribution in [0.1, 0.15) is 0 Å². The second-order valence-corrected chi connectivity index (χ2v) is 3.22. The van der Waals surface area contributed by atoms with Crippen molar-refractivity contribution in [1.29, 1.82) is 0 Å². The molecule has 0 aliphatic carbocycles. The molecular weight excluding hydrogens is 180 g/mol. The number of para-hydroxylation sites is 2. The molecule has 0 bridgehead atoms. The van der Waals surface area contributed by atoms with Crippen molar-refractivity contribution in [2.75, 3.05) is 0 Å². The molecule has 1 nitrogen and oxygen atoms in total. The van der Waals surface area contributed by atoms with Gasteiger partial charge in [-0.1, -0.05) is 36.4 Å². The van der Waals surface area contributed by atoms with Crippen molar-refractivity contribution >= 4 is 38.6 Å². The molecule has 0 amide bonds. The average molecular weight is 189 g/mol. The lowest BCUT2D eigenvalue weighted by molar-refractivity contribution is 1.55. The summed E-state index contributed by atoms with van der Waals surface area (Å²) in [5.74, 6) is 0. The summed E-state index contributed by atoms with van der Waals surface area (Å²) in [6, 6.07) is 16.8. The topological polar surface area (TPSA) is 15.8 Å². The second kappa shape index (κ2) is 4.26. The third kappa shape index (κ3) is 1.65. The van der Waals surface area contributed by atoms with E-state index < -0.39 is 0 Å². The molecule has 0 aliphatic rings. The molecule has 15 heavy (non-hydrogen) atoms. The van der Waals surface area contributed by atoms with Crippen molar-refractivity contribution in [3.63, 3.8) is 0 Å². The van der Waals surface area contributed by atoms with Gasteiger partial charge in [0.25, 0.3) is 0 Å². The Bertz CT molecular complexity index is 521. The van der Waals surface area contributed by atoms with E-state index in [4.69, 9.17) is 0 Å². The number of hydrogen-bond donors (Lipinski definition) is 1. The Labute approximate surface area is 92.6 Å². The van der Waals surface area contributed by atoms with Crippen LogP contribution in [0.15, 0.2) is 48.5 Å². The molecule has 0 spiro atoms. The van der Waals surface area contributed by atoms with Gasteiger partial charge in [-0.3, -0.25) is 0 Å². The summed E-state index contributed by atoms with van der Waals surface area (Å²) in [4.78, 5) is 3.38. The molecule has 2 aromatic carbocycles. The van der Waals surface area contributed by atoms with Crippen molar-refractivity contribution in [2.24, 2.45) is 0 Å². The molecule has 1 heterocycles. The molecule has 0 unspecified atom stereocenters. The first-order valence-electron chi connectivity index (χ1n) is 4.40. The number of aromatic nitrogens is 1. The van der Waals surface area contributed by atoms with E-state index in [-0.39, 0.29) is 16.8 Å². The lowest BCUT2D eigenvalue weighted by Gasteiger charge is -1.87. The summed E-state index contributed by atoms with van der Waals surface area (Å²) < 4.78 is 0. The first-order chi connectivity index (χ1) is 6.45. The third-order valence-electron chi connectivity index (χ3n) is 2.41. The monoisotopic (exact) mass is 189 g/mol. The van der Waals surface area contributed by atoms with Crippen molar-refractivity contribution in [2.45, 2.75) is 0 Å². The molecule has 1 aromatic heterocycles. The van der Waals surface area contributed by atoms with Crippen molar-refractivity contribution in [3.8, 4) is 0 Å². The maximum Gasteiger partial charge on any atom is 0.0464 e. The van der Waals surface area contributed by atoms with Crippen LogP contribution in [0.2, 0.25) is 0 Å². The highest BCUT2D eigenvalue weighted by Gasteiger charge is 2.00. The van der Waals surface area contributed by atoms with E-state index in [1.165, 1.54) is 21.8 Å². The number of nitrogens with one attached hydrogen (secondary N) is 1. The SMILES string of the molecule is [B].[B].c1ccc2c(c1)[nH]c1ccccc12. The van der Waals surface area contributed by atoms with Gasteiger partial charge in [0.1, 0.15) is 0 Å². The van der Waals surface area contributed by atoms with E-state index >= 15 is 0 Å². The molecule has 6 radical (unpaired) electrons. The van der Waals surface area contributed by atoms with E-state index in [1.54, 1.807) is 0 Å². The summed E-state index contributed by atoms with van der Waals surface area (Å²) in [5.41, 5.74) is 2.42. The normalized spacial score (nSPS) is 9.60. The molecule has 0 saturated heterocycles. The highest BCUT2D eigenvalue weighted by Crippen LogP contribution is 2.24. The number of hydrogen-bond acceptors (Lipinski definition) is 0. The minimum atomic E-state index is 0. The van der Waals surface area contributed by atoms with E-state index in [1.807, 2.05) is 0 Å². The highest BCUT2D eigenvalue weighted by atomic mass is 14.7. The first-order valence-corrected chi connectivity index (χ1v) is 4.40. The van der Waals surface area contributed by atoms with E-state index in [9.17, 15) is 0 Å². The van der Waals surface area contributed by atoms with Crippen molar-refractivity contribution < 1.29 is 0 Å². The number of aromatic amines is 1. The lowest BCUT2D eigenvalue weighted by Crippen LogP contribution is -1.62. The number of benzene rings is 2. The van der Waals surface area contributed by atoms with Gasteiger partial charge in [-0.25, -0.2) is 0 Å². The quantitative estimate of drug-likeness (QED) is 0.523. The molecule has 0 aliphatic heterocycles. The Morgan fingerprint density at radius 3 is 1.47 bits per heavy atom. The van der Waals surface area contributed by atoms with E-state index in [2.05, 4.69) is 53.5 Å². The van der Waals surface area contributed by atoms with Gasteiger partial charge in [-0.15, -0.1) is 0 Å². The van der Waals surface area contributed by atoms with Crippen molar-refractivity contribution in [1.82, 2.24) is 4.98 Å². The fourth-order valence-electron chi connectivity index (χ4n) is 1.80. The smallest absolute Gasteiger partial charge is 0.0464 e. The standard InChI is InChI=1S/C12H9N.2B/c1-3-7-11-9(5-1)10-6-2-4-8-12(10)13-11;;/h1-8,13H;;. The zero-order valence-corrected chi connectivity index (χ0v) is 8.27. The molecule has 0 atom stereocenters. The van der Waals surface area contributed by atoms with E-state index in [0.717, 1.165) is 0 Å². The number of fused-ring (bicyclic) bond motifs is 3. The zero-order valence-electron chi connectivity index (χ0n) is 8.27. The zero-order chi connectivity index (χ0) is 8.67. The van der Waals surface area contributed by atoms with Crippen LogP contribution in [0.25, 0.3) is 21.8 Å². The lowest BCUT2D eigenvalue weighted by atomic mass is 10.2. The minimum absolute atomic E-state index is 0. The van der Waals surface area contributed by atoms with Crippen LogP contribution in [-0.2, 0) is 0 Å². The van der Waals surface area contributed by atoms with Crippen LogP contribution in [0.4, 0.5) is 0 Å². The predicted octanol–water partition coefficient (Wildman–Crippen LogP) is 2.56. The summed E-state index contributed by atoms with van der Waals surface area (Å²) in [5, 5.41) is 2.61. The summed E-state index contributed by atoms with van der Waals surface area (Å²) in [6.45, 7) is 0. The van der Waals surface area contributed by atoms with Gasteiger partial charge in [0.15, 0.2) is 0 Å². The molecular formula is C12H9B2N. The molecule has 3 aromatic rings. The predicted molar refractivity (Wildman–Crippen MR) is 67.3 cm³/mol. The maximum absolute atomic E-state index is 3.38. The van der Waals surface area contributed by atoms with Crippen LogP contribution in [0, 0.1) is 0 Å². The van der Waals surface area contributed by atoms with Gasteiger partial charge < -0.3 is 4.98 Å². The Hall–Kier alpha value is -1.63. The van der Waals surface area contributed by atoms with Gasteiger partial charge in [0.2, 0.25) is 0 Å². The maximum atomic E-state index is 3.38. The summed E-state index contributed by atoms with van der Waals surface area (Å²) in [6.07, 6.45) is 0. The van der Waals surface area contributed by atoms with Crippen LogP contribution >= 0.6 is 0 Å². The van der Waals surface area contributed by atoms with Crippen LogP contribution < -0.4 is 0 Å². The van der Waals surface area contributed by atoms with Gasteiger partial charge in [-0.05, 0) is 12.1 Å². The Balaban J connectivity index is 0.000000562. The third-order valence-corrected chi connectivity index (χ3v) is 2.41. The van der Waals surface area contributed by atoms with Crippen LogP contribution in [0.3, 0.4) is 0 Å². The Morgan fingerprint density at radius 2 is 1.00 bits per heavy atom. The second-order valence-electron chi connectivity index (χ2n) is 3.22. The number of H-pyrrole nitrogens is 1.